The van der Waals surface area contributed by atoms with Gasteiger partial charge in [-0.3, -0.25) is 19.5 Å². The van der Waals surface area contributed by atoms with E-state index in [2.05, 4.69) is 9.72 Å². The Labute approximate surface area is 176 Å². The highest BCUT2D eigenvalue weighted by Crippen LogP contribution is 2.10. The van der Waals surface area contributed by atoms with Crippen LogP contribution in [0.4, 0.5) is 4.79 Å². The van der Waals surface area contributed by atoms with E-state index in [-0.39, 0.29) is 24.3 Å². The first-order valence-electron chi connectivity index (χ1n) is 9.64. The van der Waals surface area contributed by atoms with Crippen molar-refractivity contribution in [2.24, 2.45) is 0 Å². The van der Waals surface area contributed by atoms with Gasteiger partial charge in [-0.1, -0.05) is 30.3 Å². The molecular weight excluding hydrogens is 406 g/mol. The van der Waals surface area contributed by atoms with Crippen LogP contribution in [-0.4, -0.2) is 51.0 Å². The number of hydrogen-bond acceptors (Lipinski definition) is 7. The molecule has 0 spiro atoms. The Balaban J connectivity index is 2.09. The van der Waals surface area contributed by atoms with Gasteiger partial charge >= 0.3 is 11.8 Å². The highest BCUT2D eigenvalue weighted by Gasteiger charge is 2.20. The van der Waals surface area contributed by atoms with Gasteiger partial charge in [0.15, 0.2) is 11.2 Å². The summed E-state index contributed by atoms with van der Waals surface area (Å²) in [5.41, 5.74) is -0.207. The van der Waals surface area contributed by atoms with Crippen LogP contribution in [0.2, 0.25) is 0 Å². The second-order valence-electron chi connectivity index (χ2n) is 6.62. The van der Waals surface area contributed by atoms with E-state index >= 15 is 0 Å². The number of amides is 2. The Kier molecular flexibility index (Phi) is 6.98. The van der Waals surface area contributed by atoms with E-state index in [9.17, 15) is 19.2 Å². The first kappa shape index (κ1) is 22.0. The number of nitrogens with one attached hydrogen (secondary N) is 1. The minimum atomic E-state index is -0.948. The van der Waals surface area contributed by atoms with Gasteiger partial charge in [0.1, 0.15) is 6.54 Å². The van der Waals surface area contributed by atoms with E-state index in [1.807, 2.05) is 35.6 Å². The van der Waals surface area contributed by atoms with Gasteiger partial charge in [0, 0.05) is 13.7 Å². The van der Waals surface area contributed by atoms with Crippen molar-refractivity contribution in [2.45, 2.75) is 26.6 Å². The highest BCUT2D eigenvalue weighted by atomic mass is 16.5. The Morgan fingerprint density at radius 1 is 1.13 bits per heavy atom. The second kappa shape index (κ2) is 9.85. The van der Waals surface area contributed by atoms with Crippen molar-refractivity contribution < 1.29 is 19.1 Å². The van der Waals surface area contributed by atoms with Crippen LogP contribution in [0.25, 0.3) is 11.2 Å². The third-order valence-corrected chi connectivity index (χ3v) is 4.52. The number of imide groups is 1. The molecule has 164 valence electrons. The molecule has 31 heavy (non-hydrogen) atoms. The molecule has 2 amide bonds. The predicted molar refractivity (Wildman–Crippen MR) is 111 cm³/mol. The molecular formula is C20H23N5O6. The lowest BCUT2D eigenvalue weighted by Crippen LogP contribution is -2.45. The topological polar surface area (TPSA) is 126 Å². The molecule has 0 aliphatic rings. The molecule has 3 aromatic rings. The zero-order valence-corrected chi connectivity index (χ0v) is 17.2. The van der Waals surface area contributed by atoms with Crippen molar-refractivity contribution in [3.05, 3.63) is 63.1 Å². The summed E-state index contributed by atoms with van der Waals surface area (Å²) in [7, 11) is 1.53. The van der Waals surface area contributed by atoms with E-state index < -0.39 is 29.8 Å². The zero-order chi connectivity index (χ0) is 22.4. The monoisotopic (exact) mass is 429 g/mol. The van der Waals surface area contributed by atoms with Crippen LogP contribution in [0.5, 0.6) is 0 Å². The van der Waals surface area contributed by atoms with Crippen LogP contribution >= 0.6 is 0 Å². The average molecular weight is 429 g/mol. The number of rotatable bonds is 8. The Bertz CT molecular complexity index is 1190. The number of benzene rings is 1. The Hall–Kier alpha value is -3.73. The van der Waals surface area contributed by atoms with Crippen LogP contribution in [0.3, 0.4) is 0 Å². The normalized spacial score (nSPS) is 10.9. The number of hydrogen-bond donors (Lipinski definition) is 1. The van der Waals surface area contributed by atoms with E-state index in [4.69, 9.17) is 4.74 Å². The quantitative estimate of drug-likeness (QED) is 0.547. The Morgan fingerprint density at radius 3 is 2.55 bits per heavy atom. The lowest BCUT2D eigenvalue weighted by atomic mass is 10.2. The fourth-order valence-electron chi connectivity index (χ4n) is 3.11. The van der Waals surface area contributed by atoms with Crippen molar-refractivity contribution in [1.82, 2.24) is 24.0 Å². The van der Waals surface area contributed by atoms with E-state index in [0.717, 1.165) is 10.1 Å². The fourth-order valence-corrected chi connectivity index (χ4v) is 3.11. The van der Waals surface area contributed by atoms with Crippen molar-refractivity contribution in [3.8, 4) is 0 Å². The van der Waals surface area contributed by atoms with Crippen molar-refractivity contribution >= 4 is 23.2 Å². The van der Waals surface area contributed by atoms with Crippen molar-refractivity contribution in [1.29, 1.82) is 0 Å². The molecule has 0 radical (unpaired) electrons. The number of methoxy groups -OCH3 is 1. The predicted octanol–water partition coefficient (Wildman–Crippen LogP) is 0.327. The van der Waals surface area contributed by atoms with Gasteiger partial charge in [0.2, 0.25) is 5.91 Å². The lowest BCUT2D eigenvalue weighted by Gasteiger charge is -2.12. The van der Waals surface area contributed by atoms with Gasteiger partial charge in [-0.25, -0.2) is 19.1 Å². The first-order valence-corrected chi connectivity index (χ1v) is 9.64. The first-order chi connectivity index (χ1) is 15.0. The summed E-state index contributed by atoms with van der Waals surface area (Å²) in [6.45, 7) is 1.83. The number of imidazole rings is 1. The highest BCUT2D eigenvalue weighted by molar-refractivity contribution is 5.91. The number of carbonyl (C=O) groups is 2. The molecule has 0 fully saturated rings. The van der Waals surface area contributed by atoms with Gasteiger partial charge in [0.05, 0.1) is 26.1 Å². The molecule has 11 nitrogen and oxygen atoms in total. The molecule has 2 heterocycles. The number of nitrogens with zero attached hydrogens (tertiary/aromatic N) is 4. The summed E-state index contributed by atoms with van der Waals surface area (Å²) >= 11 is 0. The SMILES string of the molecule is CCOC(=O)NC(=O)Cn1c(=O)c2c(ncn2CCOC)n(Cc2ccccc2)c1=O. The molecule has 0 saturated carbocycles. The van der Waals surface area contributed by atoms with Crippen LogP contribution in [-0.2, 0) is 33.9 Å². The molecule has 0 unspecified atom stereocenters. The summed E-state index contributed by atoms with van der Waals surface area (Å²) in [4.78, 5) is 54.2. The number of aromatic nitrogens is 4. The number of alkyl carbamates (subject to hydrolysis) is 1. The summed E-state index contributed by atoms with van der Waals surface area (Å²) < 4.78 is 13.4. The van der Waals surface area contributed by atoms with Crippen molar-refractivity contribution in [3.63, 3.8) is 0 Å². The third-order valence-electron chi connectivity index (χ3n) is 4.52. The molecule has 0 aliphatic heterocycles. The summed E-state index contributed by atoms with van der Waals surface area (Å²) in [5.74, 6) is -0.841. The average Bonchev–Trinajstić information content (AvgIpc) is 3.17. The Morgan fingerprint density at radius 2 is 1.87 bits per heavy atom. The maximum absolute atomic E-state index is 13.1. The molecule has 1 aromatic carbocycles. The van der Waals surface area contributed by atoms with Crippen LogP contribution < -0.4 is 16.6 Å². The van der Waals surface area contributed by atoms with E-state index in [1.54, 1.807) is 11.5 Å². The van der Waals surface area contributed by atoms with Crippen LogP contribution in [0, 0.1) is 0 Å². The zero-order valence-electron chi connectivity index (χ0n) is 17.2. The maximum atomic E-state index is 13.1. The maximum Gasteiger partial charge on any atom is 0.413 e. The van der Waals surface area contributed by atoms with Crippen LogP contribution in [0.1, 0.15) is 12.5 Å². The number of carbonyl (C=O) groups excluding carboxylic acids is 2. The summed E-state index contributed by atoms with van der Waals surface area (Å²) in [6, 6.07) is 9.18. The minimum Gasteiger partial charge on any atom is -0.450 e. The minimum absolute atomic E-state index is 0.0770. The third kappa shape index (κ3) is 4.89. The molecule has 0 saturated heterocycles. The standard InChI is InChI=1S/C20H23N5O6/c1-3-31-19(28)22-15(26)12-25-18(27)16-17(21-13-23(16)9-10-30-2)24(20(25)29)11-14-7-5-4-6-8-14/h4-8,13H,3,9-12H2,1-2H3,(H,22,26,28). The summed E-state index contributed by atoms with van der Waals surface area (Å²) in [5, 5.41) is 1.99. The molecule has 1 N–H and O–H groups in total. The second-order valence-corrected chi connectivity index (χ2v) is 6.62. The molecule has 11 heteroatoms. The lowest BCUT2D eigenvalue weighted by molar-refractivity contribution is -0.121. The smallest absolute Gasteiger partial charge is 0.413 e. The van der Waals surface area contributed by atoms with Gasteiger partial charge < -0.3 is 14.0 Å². The molecule has 0 atom stereocenters. The van der Waals surface area contributed by atoms with Gasteiger partial charge in [-0.2, -0.15) is 0 Å². The molecule has 2 aromatic heterocycles. The molecule has 0 bridgehead atoms. The molecule has 3 rings (SSSR count). The van der Waals surface area contributed by atoms with Gasteiger partial charge in [-0.05, 0) is 12.5 Å². The summed E-state index contributed by atoms with van der Waals surface area (Å²) in [6.07, 6.45) is 0.506. The molecule has 0 aliphatic carbocycles. The van der Waals surface area contributed by atoms with Crippen molar-refractivity contribution in [2.75, 3.05) is 20.3 Å². The fraction of sp³-hybridized carbons (Fsp3) is 0.350. The number of ether oxygens (including phenoxy) is 2. The number of fused-ring (bicyclic) bond motifs is 1. The van der Waals surface area contributed by atoms with Crippen LogP contribution in [0.15, 0.2) is 46.2 Å². The van der Waals surface area contributed by atoms with E-state index in [1.165, 1.54) is 18.0 Å². The van der Waals surface area contributed by atoms with Gasteiger partial charge in [-0.15, -0.1) is 0 Å². The largest absolute Gasteiger partial charge is 0.450 e. The van der Waals surface area contributed by atoms with E-state index in [0.29, 0.717) is 13.2 Å². The van der Waals surface area contributed by atoms with Gasteiger partial charge in [0.25, 0.3) is 5.56 Å².